The smallest absolute Gasteiger partial charge is 0.125 e. The topological polar surface area (TPSA) is 37.8 Å². The predicted octanol–water partition coefficient (Wildman–Crippen LogP) is 3.70. The molecule has 0 radical (unpaired) electrons. The molecule has 0 fully saturated rings. The number of nitrogens with one attached hydrogen (secondary N) is 1. The number of aromatic nitrogens is 2. The third kappa shape index (κ3) is 2.44. The summed E-state index contributed by atoms with van der Waals surface area (Å²) in [6.45, 7) is 4.95. The van der Waals surface area contributed by atoms with Gasteiger partial charge in [-0.05, 0) is 41.9 Å². The normalized spacial score (nSPS) is 12.7. The molecule has 0 spiro atoms. The summed E-state index contributed by atoms with van der Waals surface area (Å²) >= 11 is 1.78. The maximum atomic E-state index is 4.59. The molecule has 0 aliphatic rings. The van der Waals surface area contributed by atoms with Crippen LogP contribution in [0.5, 0.6) is 0 Å². The summed E-state index contributed by atoms with van der Waals surface area (Å²) in [5.41, 5.74) is 2.32. The van der Waals surface area contributed by atoms with Crippen LogP contribution in [0.25, 0.3) is 10.1 Å². The van der Waals surface area contributed by atoms with Crippen LogP contribution in [0.1, 0.15) is 30.0 Å². The standard InChI is InChI=1S/C16H17N3S/c1-3-17-15(14-7-9-18-11(2)19-14)13-6-4-5-12-8-10-20-16(12)13/h4-10,15,17H,3H2,1-2H3. The second-order valence-electron chi connectivity index (χ2n) is 4.71. The van der Waals surface area contributed by atoms with E-state index in [9.17, 15) is 0 Å². The van der Waals surface area contributed by atoms with Gasteiger partial charge in [0.05, 0.1) is 11.7 Å². The largest absolute Gasteiger partial charge is 0.305 e. The summed E-state index contributed by atoms with van der Waals surface area (Å²) in [4.78, 5) is 8.78. The zero-order valence-electron chi connectivity index (χ0n) is 11.6. The molecule has 2 aromatic heterocycles. The number of benzene rings is 1. The molecule has 0 bridgehead atoms. The van der Waals surface area contributed by atoms with E-state index in [1.165, 1.54) is 15.6 Å². The molecule has 1 unspecified atom stereocenters. The summed E-state index contributed by atoms with van der Waals surface area (Å²) in [6, 6.07) is 10.7. The van der Waals surface area contributed by atoms with Gasteiger partial charge in [0.25, 0.3) is 0 Å². The Labute approximate surface area is 122 Å². The average molecular weight is 283 g/mol. The highest BCUT2D eigenvalue weighted by Crippen LogP contribution is 2.31. The van der Waals surface area contributed by atoms with Gasteiger partial charge < -0.3 is 5.32 Å². The van der Waals surface area contributed by atoms with Gasteiger partial charge in [0.2, 0.25) is 0 Å². The van der Waals surface area contributed by atoms with Crippen LogP contribution in [0.2, 0.25) is 0 Å². The van der Waals surface area contributed by atoms with Crippen LogP contribution in [0.4, 0.5) is 0 Å². The highest BCUT2D eigenvalue weighted by molar-refractivity contribution is 7.17. The number of rotatable bonds is 4. The van der Waals surface area contributed by atoms with Crippen LogP contribution in [0.3, 0.4) is 0 Å². The van der Waals surface area contributed by atoms with Gasteiger partial charge in [0.1, 0.15) is 5.82 Å². The molecule has 1 N–H and O–H groups in total. The van der Waals surface area contributed by atoms with E-state index in [2.05, 4.69) is 51.9 Å². The third-order valence-electron chi connectivity index (χ3n) is 3.32. The molecular formula is C16H17N3S. The van der Waals surface area contributed by atoms with Crippen molar-refractivity contribution in [2.45, 2.75) is 19.9 Å². The maximum Gasteiger partial charge on any atom is 0.125 e. The van der Waals surface area contributed by atoms with E-state index in [0.717, 1.165) is 18.1 Å². The van der Waals surface area contributed by atoms with E-state index in [4.69, 9.17) is 0 Å². The van der Waals surface area contributed by atoms with Crippen molar-refractivity contribution in [2.24, 2.45) is 0 Å². The summed E-state index contributed by atoms with van der Waals surface area (Å²) < 4.78 is 1.33. The lowest BCUT2D eigenvalue weighted by Gasteiger charge is -2.19. The van der Waals surface area contributed by atoms with E-state index in [0.29, 0.717) is 0 Å². The monoisotopic (exact) mass is 283 g/mol. The molecule has 102 valence electrons. The minimum Gasteiger partial charge on any atom is -0.305 e. The van der Waals surface area contributed by atoms with Crippen LogP contribution < -0.4 is 5.32 Å². The van der Waals surface area contributed by atoms with Gasteiger partial charge in [-0.2, -0.15) is 0 Å². The third-order valence-corrected chi connectivity index (χ3v) is 4.30. The van der Waals surface area contributed by atoms with E-state index >= 15 is 0 Å². The Hall–Kier alpha value is -1.78. The van der Waals surface area contributed by atoms with Crippen molar-refractivity contribution >= 4 is 21.4 Å². The van der Waals surface area contributed by atoms with Crippen molar-refractivity contribution in [1.29, 1.82) is 0 Å². The Morgan fingerprint density at radius 1 is 1.25 bits per heavy atom. The number of hydrogen-bond donors (Lipinski definition) is 1. The molecule has 4 heteroatoms. The van der Waals surface area contributed by atoms with Gasteiger partial charge in [-0.3, -0.25) is 0 Å². The van der Waals surface area contributed by atoms with Gasteiger partial charge in [-0.15, -0.1) is 11.3 Å². The predicted molar refractivity (Wildman–Crippen MR) is 84.1 cm³/mol. The highest BCUT2D eigenvalue weighted by atomic mass is 32.1. The second-order valence-corrected chi connectivity index (χ2v) is 5.62. The van der Waals surface area contributed by atoms with Gasteiger partial charge in [0, 0.05) is 10.9 Å². The van der Waals surface area contributed by atoms with Crippen molar-refractivity contribution < 1.29 is 0 Å². The molecule has 0 amide bonds. The van der Waals surface area contributed by atoms with Crippen LogP contribution in [0, 0.1) is 6.92 Å². The first-order chi connectivity index (χ1) is 9.79. The van der Waals surface area contributed by atoms with Gasteiger partial charge in [-0.1, -0.05) is 25.1 Å². The number of thiophene rings is 1. The molecular weight excluding hydrogens is 266 g/mol. The van der Waals surface area contributed by atoms with Crippen molar-refractivity contribution in [1.82, 2.24) is 15.3 Å². The van der Waals surface area contributed by atoms with Crippen molar-refractivity contribution in [3.63, 3.8) is 0 Å². The molecule has 20 heavy (non-hydrogen) atoms. The summed E-state index contributed by atoms with van der Waals surface area (Å²) in [5, 5.41) is 6.97. The number of aryl methyl sites for hydroxylation is 1. The Morgan fingerprint density at radius 2 is 2.15 bits per heavy atom. The Kier molecular flexibility index (Phi) is 3.76. The Bertz CT molecular complexity index is 720. The lowest BCUT2D eigenvalue weighted by molar-refractivity contribution is 0.615. The number of nitrogens with zero attached hydrogens (tertiary/aromatic N) is 2. The molecule has 3 aromatic rings. The zero-order chi connectivity index (χ0) is 13.9. The number of fused-ring (bicyclic) bond motifs is 1. The lowest BCUT2D eigenvalue weighted by atomic mass is 10.0. The van der Waals surface area contributed by atoms with Crippen LogP contribution in [-0.4, -0.2) is 16.5 Å². The lowest BCUT2D eigenvalue weighted by Crippen LogP contribution is -2.23. The first-order valence-corrected chi connectivity index (χ1v) is 7.66. The van der Waals surface area contributed by atoms with Crippen LogP contribution in [0.15, 0.2) is 41.9 Å². The molecule has 1 atom stereocenters. The van der Waals surface area contributed by atoms with Gasteiger partial charge in [0.15, 0.2) is 0 Å². The molecule has 3 nitrogen and oxygen atoms in total. The van der Waals surface area contributed by atoms with Crippen LogP contribution in [-0.2, 0) is 0 Å². The van der Waals surface area contributed by atoms with Crippen molar-refractivity contribution in [3.05, 3.63) is 59.0 Å². The van der Waals surface area contributed by atoms with Gasteiger partial charge >= 0.3 is 0 Å². The first-order valence-electron chi connectivity index (χ1n) is 6.78. The molecule has 0 saturated heterocycles. The van der Waals surface area contributed by atoms with E-state index < -0.39 is 0 Å². The van der Waals surface area contributed by atoms with Crippen molar-refractivity contribution in [2.75, 3.05) is 6.54 Å². The fraction of sp³-hybridized carbons (Fsp3) is 0.250. The highest BCUT2D eigenvalue weighted by Gasteiger charge is 2.17. The van der Waals surface area contributed by atoms with E-state index in [1.54, 1.807) is 11.3 Å². The maximum absolute atomic E-state index is 4.59. The molecule has 1 aromatic carbocycles. The quantitative estimate of drug-likeness (QED) is 0.793. The van der Waals surface area contributed by atoms with Gasteiger partial charge in [-0.25, -0.2) is 9.97 Å². The SMILES string of the molecule is CCNC(c1ccnc(C)n1)c1cccc2ccsc12. The van der Waals surface area contributed by atoms with E-state index in [-0.39, 0.29) is 6.04 Å². The summed E-state index contributed by atoms with van der Waals surface area (Å²) in [5.74, 6) is 0.809. The second kappa shape index (κ2) is 5.69. The summed E-state index contributed by atoms with van der Waals surface area (Å²) in [6.07, 6.45) is 1.83. The molecule has 2 heterocycles. The van der Waals surface area contributed by atoms with Crippen LogP contribution >= 0.6 is 11.3 Å². The molecule has 0 saturated carbocycles. The fourth-order valence-electron chi connectivity index (χ4n) is 2.46. The minimum atomic E-state index is 0.115. The van der Waals surface area contributed by atoms with E-state index in [1.807, 2.05) is 19.2 Å². The van der Waals surface area contributed by atoms with Crippen molar-refractivity contribution in [3.8, 4) is 0 Å². The minimum absolute atomic E-state index is 0.115. The molecule has 0 aliphatic heterocycles. The zero-order valence-corrected chi connectivity index (χ0v) is 12.4. The number of hydrogen-bond acceptors (Lipinski definition) is 4. The Morgan fingerprint density at radius 3 is 2.95 bits per heavy atom. The summed E-state index contributed by atoms with van der Waals surface area (Å²) in [7, 11) is 0. The molecule has 3 rings (SSSR count). The molecule has 0 aliphatic carbocycles. The Balaban J connectivity index is 2.13. The average Bonchev–Trinajstić information content (AvgIpc) is 2.93. The first kappa shape index (κ1) is 13.2. The fourth-order valence-corrected chi connectivity index (χ4v) is 3.40.